The first-order chi connectivity index (χ1) is 8.63. The minimum Gasteiger partial charge on any atom is -0.493 e. The third-order valence-corrected chi connectivity index (χ3v) is 2.68. The molecule has 0 bridgehead atoms. The zero-order chi connectivity index (χ0) is 13.1. The van der Waals surface area contributed by atoms with Crippen molar-refractivity contribution in [3.05, 3.63) is 18.2 Å². The summed E-state index contributed by atoms with van der Waals surface area (Å²) < 4.78 is 10.3. The number of benzene rings is 1. The standard InChI is InChI=1S/C12H14N2O4/c1-17-9-4-3-8(5-10(9)18-2)14-6-11(15)13-12(16)7-14/h3-5H,6-7H2,1-2H3,(H,13,15,16). The van der Waals surface area contributed by atoms with Crippen molar-refractivity contribution < 1.29 is 19.1 Å². The van der Waals surface area contributed by atoms with Gasteiger partial charge in [0.15, 0.2) is 11.5 Å². The molecule has 0 radical (unpaired) electrons. The summed E-state index contributed by atoms with van der Waals surface area (Å²) in [5, 5.41) is 2.25. The molecule has 18 heavy (non-hydrogen) atoms. The van der Waals surface area contributed by atoms with Gasteiger partial charge in [-0.3, -0.25) is 14.9 Å². The van der Waals surface area contributed by atoms with E-state index in [4.69, 9.17) is 9.47 Å². The molecule has 1 heterocycles. The Labute approximate surface area is 104 Å². The van der Waals surface area contributed by atoms with Crippen LogP contribution in [0, 0.1) is 0 Å². The molecule has 6 heteroatoms. The predicted molar refractivity (Wildman–Crippen MR) is 64.9 cm³/mol. The largest absolute Gasteiger partial charge is 0.493 e. The van der Waals surface area contributed by atoms with Gasteiger partial charge in [0.05, 0.1) is 27.3 Å². The maximum absolute atomic E-state index is 11.3. The molecular weight excluding hydrogens is 236 g/mol. The smallest absolute Gasteiger partial charge is 0.246 e. The molecule has 1 aliphatic rings. The van der Waals surface area contributed by atoms with Gasteiger partial charge in [-0.1, -0.05) is 0 Å². The molecule has 0 spiro atoms. The van der Waals surface area contributed by atoms with Crippen LogP contribution >= 0.6 is 0 Å². The molecule has 1 aliphatic heterocycles. The number of ether oxygens (including phenoxy) is 2. The lowest BCUT2D eigenvalue weighted by Gasteiger charge is -2.27. The van der Waals surface area contributed by atoms with E-state index in [1.54, 1.807) is 30.2 Å². The first kappa shape index (κ1) is 12.2. The average molecular weight is 250 g/mol. The van der Waals surface area contributed by atoms with Gasteiger partial charge < -0.3 is 14.4 Å². The second-order valence-corrected chi connectivity index (χ2v) is 3.87. The lowest BCUT2D eigenvalue weighted by atomic mass is 10.2. The molecule has 0 unspecified atom stereocenters. The number of hydrogen-bond donors (Lipinski definition) is 1. The van der Waals surface area contributed by atoms with Gasteiger partial charge in [0, 0.05) is 11.8 Å². The number of rotatable bonds is 3. The molecule has 2 rings (SSSR count). The molecule has 6 nitrogen and oxygen atoms in total. The molecule has 1 fully saturated rings. The van der Waals surface area contributed by atoms with Gasteiger partial charge in [-0.25, -0.2) is 0 Å². The average Bonchev–Trinajstić information content (AvgIpc) is 2.36. The first-order valence-electron chi connectivity index (χ1n) is 5.43. The molecule has 0 aromatic heterocycles. The van der Waals surface area contributed by atoms with Gasteiger partial charge in [0.1, 0.15) is 0 Å². The summed E-state index contributed by atoms with van der Waals surface area (Å²) in [6, 6.07) is 5.27. The third kappa shape index (κ3) is 2.37. The van der Waals surface area contributed by atoms with E-state index in [1.807, 2.05) is 0 Å². The van der Waals surface area contributed by atoms with E-state index in [0.717, 1.165) is 5.69 Å². The Morgan fingerprint density at radius 1 is 1.06 bits per heavy atom. The number of carbonyl (C=O) groups excluding carboxylic acids is 2. The lowest BCUT2D eigenvalue weighted by Crippen LogP contribution is -2.51. The number of hydrogen-bond acceptors (Lipinski definition) is 5. The van der Waals surface area contributed by atoms with E-state index < -0.39 is 0 Å². The number of amides is 2. The summed E-state index contributed by atoms with van der Waals surface area (Å²) in [6.07, 6.45) is 0. The zero-order valence-corrected chi connectivity index (χ0v) is 10.2. The highest BCUT2D eigenvalue weighted by atomic mass is 16.5. The minimum absolute atomic E-state index is 0.154. The summed E-state index contributed by atoms with van der Waals surface area (Å²) in [5.41, 5.74) is 0.746. The minimum atomic E-state index is -0.305. The van der Waals surface area contributed by atoms with Crippen molar-refractivity contribution in [2.75, 3.05) is 32.2 Å². The molecule has 2 amide bonds. The van der Waals surface area contributed by atoms with Crippen LogP contribution in [0.4, 0.5) is 5.69 Å². The number of imide groups is 1. The summed E-state index contributed by atoms with van der Waals surface area (Å²) in [6.45, 7) is 0.308. The number of anilines is 1. The summed E-state index contributed by atoms with van der Waals surface area (Å²) >= 11 is 0. The number of methoxy groups -OCH3 is 2. The van der Waals surface area contributed by atoms with E-state index in [2.05, 4.69) is 5.32 Å². The lowest BCUT2D eigenvalue weighted by molar-refractivity contribution is -0.130. The van der Waals surface area contributed by atoms with Crippen LogP contribution in [-0.2, 0) is 9.59 Å². The Morgan fingerprint density at radius 3 is 2.22 bits per heavy atom. The molecule has 1 saturated heterocycles. The fraction of sp³-hybridized carbons (Fsp3) is 0.333. The highest BCUT2D eigenvalue weighted by molar-refractivity contribution is 6.02. The van der Waals surface area contributed by atoms with Crippen LogP contribution in [0.5, 0.6) is 11.5 Å². The van der Waals surface area contributed by atoms with Gasteiger partial charge >= 0.3 is 0 Å². The van der Waals surface area contributed by atoms with E-state index >= 15 is 0 Å². The highest BCUT2D eigenvalue weighted by Gasteiger charge is 2.23. The van der Waals surface area contributed by atoms with Crippen LogP contribution in [0.3, 0.4) is 0 Å². The molecule has 1 aromatic carbocycles. The van der Waals surface area contributed by atoms with Gasteiger partial charge in [-0.15, -0.1) is 0 Å². The molecule has 1 N–H and O–H groups in total. The van der Waals surface area contributed by atoms with Gasteiger partial charge in [-0.2, -0.15) is 0 Å². The maximum Gasteiger partial charge on any atom is 0.246 e. The topological polar surface area (TPSA) is 67.9 Å². The Balaban J connectivity index is 2.27. The normalized spacial score (nSPS) is 15.3. The van der Waals surface area contributed by atoms with Crippen molar-refractivity contribution in [3.8, 4) is 11.5 Å². The molecule has 96 valence electrons. The Bertz CT molecular complexity index is 471. The number of carbonyl (C=O) groups is 2. The van der Waals surface area contributed by atoms with Gasteiger partial charge in [0.2, 0.25) is 11.8 Å². The summed E-state index contributed by atoms with van der Waals surface area (Å²) in [4.78, 5) is 24.3. The van der Waals surface area contributed by atoms with Crippen LogP contribution in [0.2, 0.25) is 0 Å². The van der Waals surface area contributed by atoms with Crippen molar-refractivity contribution in [1.82, 2.24) is 5.32 Å². The number of piperazine rings is 1. The number of nitrogens with zero attached hydrogens (tertiary/aromatic N) is 1. The zero-order valence-electron chi connectivity index (χ0n) is 10.2. The monoisotopic (exact) mass is 250 g/mol. The predicted octanol–water partition coefficient (Wildman–Crippen LogP) is 0.167. The van der Waals surface area contributed by atoms with Crippen LogP contribution in [0.25, 0.3) is 0 Å². The van der Waals surface area contributed by atoms with Crippen molar-refractivity contribution >= 4 is 17.5 Å². The maximum atomic E-state index is 11.3. The number of nitrogens with one attached hydrogen (secondary N) is 1. The molecule has 0 saturated carbocycles. The highest BCUT2D eigenvalue weighted by Crippen LogP contribution is 2.31. The fourth-order valence-corrected chi connectivity index (χ4v) is 1.84. The van der Waals surface area contributed by atoms with E-state index in [9.17, 15) is 9.59 Å². The Kier molecular flexibility index (Phi) is 3.36. The molecule has 1 aromatic rings. The summed E-state index contributed by atoms with van der Waals surface area (Å²) in [7, 11) is 3.09. The van der Waals surface area contributed by atoms with Gasteiger partial charge in [-0.05, 0) is 12.1 Å². The van der Waals surface area contributed by atoms with Crippen molar-refractivity contribution in [2.45, 2.75) is 0 Å². The van der Waals surface area contributed by atoms with Crippen LogP contribution in [0.15, 0.2) is 18.2 Å². The quantitative estimate of drug-likeness (QED) is 0.774. The van der Waals surface area contributed by atoms with E-state index in [-0.39, 0.29) is 24.9 Å². The van der Waals surface area contributed by atoms with Crippen LogP contribution < -0.4 is 19.7 Å². The van der Waals surface area contributed by atoms with Crippen molar-refractivity contribution in [1.29, 1.82) is 0 Å². The molecule has 0 atom stereocenters. The van der Waals surface area contributed by atoms with E-state index in [0.29, 0.717) is 11.5 Å². The molecule has 0 aliphatic carbocycles. The molecular formula is C12H14N2O4. The third-order valence-electron chi connectivity index (χ3n) is 2.68. The second-order valence-electron chi connectivity index (χ2n) is 3.87. The van der Waals surface area contributed by atoms with E-state index in [1.165, 1.54) is 7.11 Å². The SMILES string of the molecule is COc1ccc(N2CC(=O)NC(=O)C2)cc1OC. The second kappa shape index (κ2) is 4.95. The van der Waals surface area contributed by atoms with Crippen molar-refractivity contribution in [2.24, 2.45) is 0 Å². The summed E-state index contributed by atoms with van der Waals surface area (Å²) in [5.74, 6) is 0.560. The van der Waals surface area contributed by atoms with Crippen LogP contribution in [0.1, 0.15) is 0 Å². The first-order valence-corrected chi connectivity index (χ1v) is 5.43. The van der Waals surface area contributed by atoms with Gasteiger partial charge in [0.25, 0.3) is 0 Å². The Morgan fingerprint density at radius 2 is 1.67 bits per heavy atom. The Hall–Kier alpha value is -2.24. The van der Waals surface area contributed by atoms with Crippen LogP contribution in [-0.4, -0.2) is 39.1 Å². The fourth-order valence-electron chi connectivity index (χ4n) is 1.84. The van der Waals surface area contributed by atoms with Crippen molar-refractivity contribution in [3.63, 3.8) is 0 Å².